The van der Waals surface area contributed by atoms with Gasteiger partial charge in [-0.2, -0.15) is 5.26 Å². The highest BCUT2D eigenvalue weighted by Gasteiger charge is 2.07. The molecule has 0 fully saturated rings. The molecular formula is C17H11N3. The Kier molecular flexibility index (Phi) is 3.22. The van der Waals surface area contributed by atoms with E-state index in [0.717, 1.165) is 22.3 Å². The Morgan fingerprint density at radius 1 is 0.700 bits per heavy atom. The second kappa shape index (κ2) is 5.33. The zero-order valence-electron chi connectivity index (χ0n) is 10.7. The molecule has 0 aliphatic carbocycles. The van der Waals surface area contributed by atoms with Crippen molar-refractivity contribution in [3.05, 3.63) is 72.8 Å². The minimum atomic E-state index is 0.658. The maximum atomic E-state index is 9.37. The van der Waals surface area contributed by atoms with Crippen molar-refractivity contribution < 1.29 is 0 Å². The van der Waals surface area contributed by atoms with Gasteiger partial charge < -0.3 is 0 Å². The number of rotatable bonds is 2. The minimum Gasteiger partial charge on any atom is -0.265 e. The normalized spacial score (nSPS) is 9.95. The predicted octanol–water partition coefficient (Wildman–Crippen LogP) is 3.68. The van der Waals surface area contributed by atoms with Crippen LogP contribution in [0.1, 0.15) is 5.56 Å². The van der Waals surface area contributed by atoms with Crippen LogP contribution in [0, 0.1) is 11.3 Å². The first kappa shape index (κ1) is 12.1. The first-order chi connectivity index (χ1) is 9.88. The van der Waals surface area contributed by atoms with Crippen molar-refractivity contribution in [2.24, 2.45) is 0 Å². The van der Waals surface area contributed by atoms with Gasteiger partial charge in [-0.25, -0.2) is 0 Å². The summed E-state index contributed by atoms with van der Waals surface area (Å²) in [6.07, 6.45) is 6.96. The number of hydrogen-bond acceptors (Lipinski definition) is 3. The number of nitrogens with zero attached hydrogens (tertiary/aromatic N) is 3. The monoisotopic (exact) mass is 257 g/mol. The molecule has 0 aliphatic rings. The molecule has 0 saturated heterocycles. The fourth-order valence-corrected chi connectivity index (χ4v) is 2.14. The zero-order valence-corrected chi connectivity index (χ0v) is 10.7. The smallest absolute Gasteiger partial charge is 0.0998 e. The predicted molar refractivity (Wildman–Crippen MR) is 77.6 cm³/mol. The van der Waals surface area contributed by atoms with Crippen LogP contribution >= 0.6 is 0 Å². The third-order valence-electron chi connectivity index (χ3n) is 3.14. The van der Waals surface area contributed by atoms with Crippen LogP contribution in [0.3, 0.4) is 0 Å². The van der Waals surface area contributed by atoms with Gasteiger partial charge in [-0.05, 0) is 52.6 Å². The van der Waals surface area contributed by atoms with E-state index in [1.54, 1.807) is 24.8 Å². The van der Waals surface area contributed by atoms with Crippen molar-refractivity contribution in [1.82, 2.24) is 9.97 Å². The summed E-state index contributed by atoms with van der Waals surface area (Å²) in [5.74, 6) is 0. The van der Waals surface area contributed by atoms with E-state index in [2.05, 4.69) is 16.0 Å². The van der Waals surface area contributed by atoms with E-state index in [-0.39, 0.29) is 0 Å². The van der Waals surface area contributed by atoms with Crippen molar-refractivity contribution >= 4 is 0 Å². The molecule has 3 heteroatoms. The molecule has 3 rings (SSSR count). The SMILES string of the molecule is N#Cc1cc(-c2ccncc2)ccc1-c1ccncc1. The molecule has 2 aromatic heterocycles. The van der Waals surface area contributed by atoms with Crippen LogP contribution in [0.25, 0.3) is 22.3 Å². The van der Waals surface area contributed by atoms with E-state index in [1.165, 1.54) is 0 Å². The first-order valence-electron chi connectivity index (χ1n) is 6.23. The molecule has 0 unspecified atom stereocenters. The molecule has 0 amide bonds. The van der Waals surface area contributed by atoms with Gasteiger partial charge in [0.05, 0.1) is 11.6 Å². The lowest BCUT2D eigenvalue weighted by Crippen LogP contribution is -1.87. The van der Waals surface area contributed by atoms with Crippen molar-refractivity contribution in [1.29, 1.82) is 5.26 Å². The largest absolute Gasteiger partial charge is 0.265 e. The topological polar surface area (TPSA) is 49.6 Å². The number of pyridine rings is 2. The molecule has 0 atom stereocenters. The van der Waals surface area contributed by atoms with Gasteiger partial charge >= 0.3 is 0 Å². The van der Waals surface area contributed by atoms with Gasteiger partial charge in [0.25, 0.3) is 0 Å². The summed E-state index contributed by atoms with van der Waals surface area (Å²) in [6.45, 7) is 0. The molecular weight excluding hydrogens is 246 g/mol. The molecule has 1 aromatic carbocycles. The summed E-state index contributed by atoms with van der Waals surface area (Å²) in [5.41, 5.74) is 4.65. The number of aromatic nitrogens is 2. The van der Waals surface area contributed by atoms with Gasteiger partial charge in [0, 0.05) is 24.8 Å². The summed E-state index contributed by atoms with van der Waals surface area (Å²) in [7, 11) is 0. The van der Waals surface area contributed by atoms with Crippen LogP contribution in [-0.2, 0) is 0 Å². The van der Waals surface area contributed by atoms with Crippen LogP contribution < -0.4 is 0 Å². The molecule has 20 heavy (non-hydrogen) atoms. The Morgan fingerprint density at radius 3 is 1.90 bits per heavy atom. The molecule has 3 aromatic rings. The van der Waals surface area contributed by atoms with Gasteiger partial charge in [0.2, 0.25) is 0 Å². The quantitative estimate of drug-likeness (QED) is 0.703. The maximum Gasteiger partial charge on any atom is 0.0998 e. The summed E-state index contributed by atoms with van der Waals surface area (Å²) in [5, 5.41) is 9.37. The van der Waals surface area contributed by atoms with Gasteiger partial charge in [0.15, 0.2) is 0 Å². The summed E-state index contributed by atoms with van der Waals surface area (Å²) in [6, 6.07) is 15.8. The Balaban J connectivity index is 2.11. The van der Waals surface area contributed by atoms with Gasteiger partial charge in [-0.15, -0.1) is 0 Å². The molecule has 0 aliphatic heterocycles. The van der Waals surface area contributed by atoms with Crippen molar-refractivity contribution in [2.45, 2.75) is 0 Å². The van der Waals surface area contributed by atoms with E-state index < -0.39 is 0 Å². The lowest BCUT2D eigenvalue weighted by Gasteiger charge is -2.07. The summed E-state index contributed by atoms with van der Waals surface area (Å²) in [4.78, 5) is 8.01. The minimum absolute atomic E-state index is 0.658. The van der Waals surface area contributed by atoms with Crippen molar-refractivity contribution in [3.8, 4) is 28.3 Å². The average molecular weight is 257 g/mol. The van der Waals surface area contributed by atoms with E-state index in [4.69, 9.17) is 0 Å². The molecule has 0 radical (unpaired) electrons. The van der Waals surface area contributed by atoms with Crippen LogP contribution in [0.4, 0.5) is 0 Å². The molecule has 2 heterocycles. The highest BCUT2D eigenvalue weighted by molar-refractivity contribution is 5.75. The highest BCUT2D eigenvalue weighted by Crippen LogP contribution is 2.27. The summed E-state index contributed by atoms with van der Waals surface area (Å²) < 4.78 is 0. The third kappa shape index (κ3) is 2.27. The molecule has 0 saturated carbocycles. The Morgan fingerprint density at radius 2 is 1.30 bits per heavy atom. The zero-order chi connectivity index (χ0) is 13.8. The number of benzene rings is 1. The Labute approximate surface area is 117 Å². The fourth-order valence-electron chi connectivity index (χ4n) is 2.14. The maximum absolute atomic E-state index is 9.37. The highest BCUT2D eigenvalue weighted by atomic mass is 14.6. The number of hydrogen-bond donors (Lipinski definition) is 0. The van der Waals surface area contributed by atoms with E-state index in [9.17, 15) is 5.26 Å². The van der Waals surface area contributed by atoms with Crippen LogP contribution in [0.15, 0.2) is 67.3 Å². The van der Waals surface area contributed by atoms with Gasteiger partial charge in [0.1, 0.15) is 0 Å². The molecule has 0 bridgehead atoms. The molecule has 0 spiro atoms. The standard InChI is InChI=1S/C17H11N3/c18-12-16-11-15(13-3-7-19-8-4-13)1-2-17(16)14-5-9-20-10-6-14/h1-11H. The second-order valence-electron chi connectivity index (χ2n) is 4.34. The van der Waals surface area contributed by atoms with Crippen LogP contribution in [0.5, 0.6) is 0 Å². The molecule has 94 valence electrons. The average Bonchev–Trinajstić information content (AvgIpc) is 2.56. The van der Waals surface area contributed by atoms with E-state index >= 15 is 0 Å². The fraction of sp³-hybridized carbons (Fsp3) is 0. The first-order valence-corrected chi connectivity index (χ1v) is 6.23. The third-order valence-corrected chi connectivity index (χ3v) is 3.14. The van der Waals surface area contributed by atoms with Crippen molar-refractivity contribution in [2.75, 3.05) is 0 Å². The molecule has 0 N–H and O–H groups in total. The van der Waals surface area contributed by atoms with Gasteiger partial charge in [-0.1, -0.05) is 12.1 Å². The Bertz CT molecular complexity index is 759. The molecule has 3 nitrogen and oxygen atoms in total. The Hall–Kier alpha value is -2.99. The summed E-state index contributed by atoms with van der Waals surface area (Å²) >= 11 is 0. The van der Waals surface area contributed by atoms with E-state index in [0.29, 0.717) is 5.56 Å². The second-order valence-corrected chi connectivity index (χ2v) is 4.34. The van der Waals surface area contributed by atoms with Crippen LogP contribution in [-0.4, -0.2) is 9.97 Å². The van der Waals surface area contributed by atoms with Crippen molar-refractivity contribution in [3.63, 3.8) is 0 Å². The number of nitriles is 1. The van der Waals surface area contributed by atoms with Crippen LogP contribution in [0.2, 0.25) is 0 Å². The lowest BCUT2D eigenvalue weighted by atomic mass is 9.96. The lowest BCUT2D eigenvalue weighted by molar-refractivity contribution is 1.32. The van der Waals surface area contributed by atoms with Gasteiger partial charge in [-0.3, -0.25) is 9.97 Å². The van der Waals surface area contributed by atoms with E-state index in [1.807, 2.05) is 42.5 Å².